The van der Waals surface area contributed by atoms with E-state index in [0.29, 0.717) is 13.0 Å². The largest absolute Gasteiger partial charge is 0.380 e. The number of hydrogen-bond acceptors (Lipinski definition) is 2. The minimum atomic E-state index is 0.142. The average Bonchev–Trinajstić information content (AvgIpc) is 2.63. The van der Waals surface area contributed by atoms with Crippen LogP contribution in [0.2, 0.25) is 0 Å². The summed E-state index contributed by atoms with van der Waals surface area (Å²) in [5.74, 6) is 0.167. The molecule has 2 aromatic rings. The number of anilines is 2. The van der Waals surface area contributed by atoms with Gasteiger partial charge in [-0.2, -0.15) is 0 Å². The van der Waals surface area contributed by atoms with Crippen molar-refractivity contribution in [3.8, 4) is 0 Å². The van der Waals surface area contributed by atoms with Gasteiger partial charge >= 0.3 is 0 Å². The molecule has 1 N–H and O–H groups in total. The molecule has 1 amide bonds. The van der Waals surface area contributed by atoms with Crippen molar-refractivity contribution in [2.75, 3.05) is 10.2 Å². The summed E-state index contributed by atoms with van der Waals surface area (Å²) in [6.07, 6.45) is 0.509. The quantitative estimate of drug-likeness (QED) is 0.867. The Balaban J connectivity index is 1.89. The first kappa shape index (κ1) is 16.6. The van der Waals surface area contributed by atoms with Gasteiger partial charge in [-0.3, -0.25) is 4.79 Å². The first-order valence-electron chi connectivity index (χ1n) is 8.60. The summed E-state index contributed by atoms with van der Waals surface area (Å²) in [6.45, 7) is 9.29. The fourth-order valence-electron chi connectivity index (χ4n) is 3.12. The lowest BCUT2D eigenvalue weighted by molar-refractivity contribution is -0.118. The highest BCUT2D eigenvalue weighted by Crippen LogP contribution is 2.32. The van der Waals surface area contributed by atoms with Crippen LogP contribution in [0.1, 0.15) is 45.2 Å². The Kier molecular flexibility index (Phi) is 4.35. The van der Waals surface area contributed by atoms with Gasteiger partial charge < -0.3 is 10.2 Å². The van der Waals surface area contributed by atoms with E-state index in [4.69, 9.17) is 0 Å². The first-order valence-corrected chi connectivity index (χ1v) is 8.60. The molecule has 1 aliphatic heterocycles. The Bertz CT molecular complexity index is 728. The van der Waals surface area contributed by atoms with Crippen LogP contribution in [-0.2, 0) is 16.8 Å². The Morgan fingerprint density at radius 2 is 1.75 bits per heavy atom. The molecule has 0 radical (unpaired) electrons. The third kappa shape index (κ3) is 3.45. The van der Waals surface area contributed by atoms with E-state index in [1.54, 1.807) is 0 Å². The van der Waals surface area contributed by atoms with Gasteiger partial charge in [-0.05, 0) is 35.6 Å². The molecule has 1 heterocycles. The number of benzene rings is 2. The van der Waals surface area contributed by atoms with Crippen LogP contribution < -0.4 is 10.2 Å². The lowest BCUT2D eigenvalue weighted by Gasteiger charge is -2.24. The summed E-state index contributed by atoms with van der Waals surface area (Å²) in [7, 11) is 0. The molecular weight excluding hydrogens is 296 g/mol. The zero-order valence-corrected chi connectivity index (χ0v) is 15.0. The number of amides is 1. The predicted molar refractivity (Wildman–Crippen MR) is 100 cm³/mol. The highest BCUT2D eigenvalue weighted by molar-refractivity contribution is 5.98. The Morgan fingerprint density at radius 1 is 1.08 bits per heavy atom. The smallest absolute Gasteiger partial charge is 0.229 e. The second-order valence-corrected chi connectivity index (χ2v) is 7.69. The number of para-hydroxylation sites is 2. The summed E-state index contributed by atoms with van der Waals surface area (Å²) in [5, 5.41) is 3.44. The second-order valence-electron chi connectivity index (χ2n) is 7.69. The number of hydrogen-bond donors (Lipinski definition) is 1. The summed E-state index contributed by atoms with van der Waals surface area (Å²) in [4.78, 5) is 14.6. The van der Waals surface area contributed by atoms with E-state index in [0.717, 1.165) is 16.9 Å². The molecule has 1 unspecified atom stereocenters. The minimum absolute atomic E-state index is 0.142. The second kappa shape index (κ2) is 6.31. The van der Waals surface area contributed by atoms with Crippen LogP contribution in [0.4, 0.5) is 11.4 Å². The van der Waals surface area contributed by atoms with Crippen molar-refractivity contribution in [1.82, 2.24) is 0 Å². The first-order chi connectivity index (χ1) is 11.3. The van der Waals surface area contributed by atoms with E-state index >= 15 is 0 Å². The van der Waals surface area contributed by atoms with Crippen molar-refractivity contribution in [3.63, 3.8) is 0 Å². The molecule has 3 nitrogen and oxygen atoms in total. The number of nitrogens with zero attached hydrogens (tertiary/aromatic N) is 1. The van der Waals surface area contributed by atoms with Gasteiger partial charge in [0, 0.05) is 12.5 Å². The maximum atomic E-state index is 12.7. The van der Waals surface area contributed by atoms with Crippen molar-refractivity contribution < 1.29 is 4.79 Å². The molecule has 0 aliphatic carbocycles. The molecular formula is C21H26N2O. The maximum absolute atomic E-state index is 12.7. The summed E-state index contributed by atoms with van der Waals surface area (Å²) >= 11 is 0. The molecule has 1 aliphatic rings. The summed E-state index contributed by atoms with van der Waals surface area (Å²) in [6, 6.07) is 16.8. The molecule has 0 spiro atoms. The van der Waals surface area contributed by atoms with Gasteiger partial charge in [-0.25, -0.2) is 0 Å². The highest BCUT2D eigenvalue weighted by Gasteiger charge is 2.25. The lowest BCUT2D eigenvalue weighted by atomic mass is 9.87. The fourth-order valence-corrected chi connectivity index (χ4v) is 3.12. The summed E-state index contributed by atoms with van der Waals surface area (Å²) < 4.78 is 0. The molecule has 0 bridgehead atoms. The number of carbonyl (C=O) groups excluding carboxylic acids is 1. The Morgan fingerprint density at radius 3 is 2.42 bits per heavy atom. The van der Waals surface area contributed by atoms with Gasteiger partial charge in [0.05, 0.1) is 17.9 Å². The number of rotatable bonds is 2. The van der Waals surface area contributed by atoms with E-state index in [-0.39, 0.29) is 17.4 Å². The van der Waals surface area contributed by atoms with Crippen LogP contribution in [-0.4, -0.2) is 11.9 Å². The van der Waals surface area contributed by atoms with Gasteiger partial charge in [0.1, 0.15) is 0 Å². The predicted octanol–water partition coefficient (Wildman–Crippen LogP) is 4.72. The van der Waals surface area contributed by atoms with Crippen LogP contribution >= 0.6 is 0 Å². The maximum Gasteiger partial charge on any atom is 0.229 e. The standard InChI is InChI=1S/C21H26N2O/c1-15-13-20(24)23(19-8-6-5-7-18(19)22-15)14-16-9-11-17(12-10-16)21(2,3)4/h5-12,15,22H,13-14H2,1-4H3. The Hall–Kier alpha value is -2.29. The molecule has 0 saturated heterocycles. The fraction of sp³-hybridized carbons (Fsp3) is 0.381. The van der Waals surface area contributed by atoms with Crippen LogP contribution in [0, 0.1) is 0 Å². The SMILES string of the molecule is CC1CC(=O)N(Cc2ccc(C(C)(C)C)cc2)c2ccccc2N1. The molecule has 126 valence electrons. The third-order valence-electron chi connectivity index (χ3n) is 4.54. The van der Waals surface area contributed by atoms with Crippen LogP contribution in [0.15, 0.2) is 48.5 Å². The van der Waals surface area contributed by atoms with Gasteiger partial charge in [-0.1, -0.05) is 57.2 Å². The van der Waals surface area contributed by atoms with Gasteiger partial charge in [0.15, 0.2) is 0 Å². The molecule has 0 aromatic heterocycles. The molecule has 3 heteroatoms. The van der Waals surface area contributed by atoms with Gasteiger partial charge in [0.25, 0.3) is 0 Å². The molecule has 2 aromatic carbocycles. The monoisotopic (exact) mass is 322 g/mol. The van der Waals surface area contributed by atoms with E-state index in [9.17, 15) is 4.79 Å². The lowest BCUT2D eigenvalue weighted by Crippen LogP contribution is -2.31. The molecule has 0 saturated carbocycles. The number of nitrogens with one attached hydrogen (secondary N) is 1. The minimum Gasteiger partial charge on any atom is -0.380 e. The van der Waals surface area contributed by atoms with Crippen molar-refractivity contribution in [3.05, 3.63) is 59.7 Å². The number of carbonyl (C=O) groups is 1. The van der Waals surface area contributed by atoms with Crippen molar-refractivity contribution in [2.24, 2.45) is 0 Å². The van der Waals surface area contributed by atoms with Crippen LogP contribution in [0.3, 0.4) is 0 Å². The van der Waals surface area contributed by atoms with Crippen molar-refractivity contribution in [1.29, 1.82) is 0 Å². The van der Waals surface area contributed by atoms with E-state index < -0.39 is 0 Å². The third-order valence-corrected chi connectivity index (χ3v) is 4.54. The van der Waals surface area contributed by atoms with E-state index in [1.165, 1.54) is 5.56 Å². The average molecular weight is 322 g/mol. The zero-order chi connectivity index (χ0) is 17.3. The van der Waals surface area contributed by atoms with Crippen molar-refractivity contribution in [2.45, 2.75) is 52.1 Å². The van der Waals surface area contributed by atoms with E-state index in [2.05, 4.69) is 57.3 Å². The molecule has 3 rings (SSSR count). The molecule has 0 fully saturated rings. The summed E-state index contributed by atoms with van der Waals surface area (Å²) in [5.41, 5.74) is 4.60. The van der Waals surface area contributed by atoms with Gasteiger partial charge in [0.2, 0.25) is 5.91 Å². The zero-order valence-electron chi connectivity index (χ0n) is 15.0. The molecule has 24 heavy (non-hydrogen) atoms. The van der Waals surface area contributed by atoms with Crippen LogP contribution in [0.25, 0.3) is 0 Å². The van der Waals surface area contributed by atoms with E-state index in [1.807, 2.05) is 29.2 Å². The van der Waals surface area contributed by atoms with Crippen molar-refractivity contribution >= 4 is 17.3 Å². The molecule has 1 atom stereocenters. The number of fused-ring (bicyclic) bond motifs is 1. The highest BCUT2D eigenvalue weighted by atomic mass is 16.2. The topological polar surface area (TPSA) is 32.3 Å². The Labute approximate surface area is 144 Å². The van der Waals surface area contributed by atoms with Crippen LogP contribution in [0.5, 0.6) is 0 Å². The normalized spacial score (nSPS) is 17.9. The van der Waals surface area contributed by atoms with Gasteiger partial charge in [-0.15, -0.1) is 0 Å².